The van der Waals surface area contributed by atoms with E-state index in [1.54, 1.807) is 0 Å². The van der Waals surface area contributed by atoms with E-state index < -0.39 is 6.10 Å². The number of aliphatic hydroxyl groups excluding tert-OH is 1. The lowest BCUT2D eigenvalue weighted by atomic mass is 9.83. The van der Waals surface area contributed by atoms with Gasteiger partial charge in [0.2, 0.25) is 0 Å². The zero-order valence-corrected chi connectivity index (χ0v) is 14.2. The highest BCUT2D eigenvalue weighted by Gasteiger charge is 2.26. The van der Waals surface area contributed by atoms with Crippen LogP contribution in [0.3, 0.4) is 0 Å². The molecule has 2 atom stereocenters. The number of aryl methyl sites for hydroxylation is 1. The van der Waals surface area contributed by atoms with E-state index in [-0.39, 0.29) is 5.92 Å². The summed E-state index contributed by atoms with van der Waals surface area (Å²) in [5.41, 5.74) is 5.49. The molecular formula is C23H21NO. The molecule has 0 aliphatic rings. The largest absolute Gasteiger partial charge is 0.387 e. The Morgan fingerprint density at radius 3 is 2.12 bits per heavy atom. The van der Waals surface area contributed by atoms with E-state index in [9.17, 15) is 5.11 Å². The molecule has 1 heterocycles. The Balaban J connectivity index is 1.88. The van der Waals surface area contributed by atoms with Crippen LogP contribution in [0.2, 0.25) is 0 Å². The number of H-pyrrole nitrogens is 1. The molecule has 0 bridgehead atoms. The monoisotopic (exact) mass is 327 g/mol. The number of rotatable bonds is 4. The number of aliphatic hydroxyl groups is 1. The number of benzene rings is 3. The van der Waals surface area contributed by atoms with Crippen molar-refractivity contribution < 1.29 is 5.11 Å². The van der Waals surface area contributed by atoms with Crippen LogP contribution in [0, 0.1) is 6.92 Å². The van der Waals surface area contributed by atoms with E-state index in [2.05, 4.69) is 42.2 Å². The van der Waals surface area contributed by atoms with Gasteiger partial charge in [-0.1, -0.05) is 72.8 Å². The van der Waals surface area contributed by atoms with Gasteiger partial charge < -0.3 is 10.1 Å². The van der Waals surface area contributed by atoms with Crippen LogP contribution in [0.4, 0.5) is 0 Å². The maximum Gasteiger partial charge on any atom is 0.0899 e. The molecule has 25 heavy (non-hydrogen) atoms. The predicted octanol–water partition coefficient (Wildman–Crippen LogP) is 5.34. The maximum absolute atomic E-state index is 11.2. The van der Waals surface area contributed by atoms with Crippen molar-refractivity contribution in [3.63, 3.8) is 0 Å². The third-order valence-electron chi connectivity index (χ3n) is 4.82. The minimum absolute atomic E-state index is 0.125. The van der Waals surface area contributed by atoms with Crippen LogP contribution < -0.4 is 0 Å². The van der Waals surface area contributed by atoms with Gasteiger partial charge in [0.25, 0.3) is 0 Å². The summed E-state index contributed by atoms with van der Waals surface area (Å²) in [5, 5.41) is 12.4. The van der Waals surface area contributed by atoms with Crippen molar-refractivity contribution in [2.45, 2.75) is 18.9 Å². The van der Waals surface area contributed by atoms with E-state index in [1.807, 2.05) is 54.7 Å². The van der Waals surface area contributed by atoms with Crippen LogP contribution in [0.15, 0.2) is 85.1 Å². The molecule has 124 valence electrons. The Hall–Kier alpha value is -2.84. The average Bonchev–Trinajstić information content (AvgIpc) is 3.06. The quantitative estimate of drug-likeness (QED) is 0.521. The fraction of sp³-hybridized carbons (Fsp3) is 0.130. The Labute approximate surface area is 147 Å². The minimum atomic E-state index is -0.607. The van der Waals surface area contributed by atoms with Gasteiger partial charge in [0.05, 0.1) is 6.10 Å². The van der Waals surface area contributed by atoms with Gasteiger partial charge in [0, 0.05) is 23.0 Å². The fourth-order valence-electron chi connectivity index (χ4n) is 3.55. The third-order valence-corrected chi connectivity index (χ3v) is 4.82. The van der Waals surface area contributed by atoms with Crippen LogP contribution in [0.5, 0.6) is 0 Å². The molecule has 1 aromatic heterocycles. The summed E-state index contributed by atoms with van der Waals surface area (Å²) in [6.07, 6.45) is 1.43. The summed E-state index contributed by atoms with van der Waals surface area (Å²) < 4.78 is 0. The molecule has 0 unspecified atom stereocenters. The summed E-state index contributed by atoms with van der Waals surface area (Å²) >= 11 is 0. The highest BCUT2D eigenvalue weighted by atomic mass is 16.3. The molecule has 0 aliphatic heterocycles. The number of fused-ring (bicyclic) bond motifs is 1. The van der Waals surface area contributed by atoms with Gasteiger partial charge in [-0.25, -0.2) is 0 Å². The van der Waals surface area contributed by atoms with Crippen LogP contribution in [-0.4, -0.2) is 10.1 Å². The van der Waals surface area contributed by atoms with Crippen molar-refractivity contribution in [3.8, 4) is 0 Å². The fourth-order valence-corrected chi connectivity index (χ4v) is 3.55. The smallest absolute Gasteiger partial charge is 0.0899 e. The Morgan fingerprint density at radius 1 is 0.800 bits per heavy atom. The molecule has 2 nitrogen and oxygen atoms in total. The Kier molecular flexibility index (Phi) is 4.12. The van der Waals surface area contributed by atoms with E-state index in [0.717, 1.165) is 27.6 Å². The van der Waals surface area contributed by atoms with E-state index >= 15 is 0 Å². The van der Waals surface area contributed by atoms with Crippen LogP contribution in [0.1, 0.15) is 34.3 Å². The van der Waals surface area contributed by atoms with Gasteiger partial charge in [-0.3, -0.25) is 0 Å². The van der Waals surface area contributed by atoms with Crippen molar-refractivity contribution >= 4 is 10.9 Å². The Morgan fingerprint density at radius 2 is 1.44 bits per heavy atom. The van der Waals surface area contributed by atoms with Crippen molar-refractivity contribution in [2.75, 3.05) is 0 Å². The van der Waals surface area contributed by atoms with Crippen molar-refractivity contribution in [1.82, 2.24) is 4.98 Å². The molecule has 0 fully saturated rings. The first-order chi connectivity index (χ1) is 12.2. The van der Waals surface area contributed by atoms with Crippen LogP contribution in [0.25, 0.3) is 10.9 Å². The van der Waals surface area contributed by atoms with Crippen LogP contribution >= 0.6 is 0 Å². The second-order valence-corrected chi connectivity index (χ2v) is 6.54. The lowest BCUT2D eigenvalue weighted by molar-refractivity contribution is 0.159. The number of nitrogens with one attached hydrogen (secondary N) is 1. The van der Waals surface area contributed by atoms with Gasteiger partial charge in [-0.2, -0.15) is 0 Å². The molecule has 4 aromatic rings. The third kappa shape index (κ3) is 2.97. The number of hydrogen-bond acceptors (Lipinski definition) is 1. The molecule has 2 N–H and O–H groups in total. The zero-order chi connectivity index (χ0) is 17.2. The molecule has 2 heteroatoms. The first-order valence-corrected chi connectivity index (χ1v) is 8.59. The standard InChI is InChI=1S/C23H21NO/c1-16-12-13-19-20(15-24-21(19)14-16)22(17-8-4-2-5-9-17)23(25)18-10-6-3-7-11-18/h2-15,22-25H,1H3/t22-,23+/m1/s1. The molecule has 0 radical (unpaired) electrons. The number of aromatic nitrogens is 1. The summed E-state index contributed by atoms with van der Waals surface area (Å²) in [4.78, 5) is 3.37. The lowest BCUT2D eigenvalue weighted by Crippen LogP contribution is -2.12. The molecule has 4 rings (SSSR count). The highest BCUT2D eigenvalue weighted by Crippen LogP contribution is 2.39. The topological polar surface area (TPSA) is 36.0 Å². The zero-order valence-electron chi connectivity index (χ0n) is 14.2. The van der Waals surface area contributed by atoms with Crippen molar-refractivity contribution in [1.29, 1.82) is 0 Å². The van der Waals surface area contributed by atoms with Gasteiger partial charge >= 0.3 is 0 Å². The average molecular weight is 327 g/mol. The summed E-state index contributed by atoms with van der Waals surface area (Å²) in [7, 11) is 0. The first kappa shape index (κ1) is 15.7. The molecule has 0 aliphatic carbocycles. The summed E-state index contributed by atoms with van der Waals surface area (Å²) in [6.45, 7) is 2.09. The second kappa shape index (κ2) is 6.58. The van der Waals surface area contributed by atoms with Crippen LogP contribution in [-0.2, 0) is 0 Å². The number of aromatic amines is 1. The van der Waals surface area contributed by atoms with Crippen molar-refractivity contribution in [2.24, 2.45) is 0 Å². The number of hydrogen-bond donors (Lipinski definition) is 2. The van der Waals surface area contributed by atoms with Gasteiger partial charge in [-0.05, 0) is 35.2 Å². The molecular weight excluding hydrogens is 306 g/mol. The lowest BCUT2D eigenvalue weighted by Gasteiger charge is -2.24. The van der Waals surface area contributed by atoms with Gasteiger partial charge in [0.15, 0.2) is 0 Å². The second-order valence-electron chi connectivity index (χ2n) is 6.54. The van der Waals surface area contributed by atoms with E-state index in [4.69, 9.17) is 0 Å². The maximum atomic E-state index is 11.2. The molecule has 0 saturated heterocycles. The predicted molar refractivity (Wildman–Crippen MR) is 103 cm³/mol. The van der Waals surface area contributed by atoms with Gasteiger partial charge in [0.1, 0.15) is 0 Å². The minimum Gasteiger partial charge on any atom is -0.387 e. The van der Waals surface area contributed by atoms with Gasteiger partial charge in [-0.15, -0.1) is 0 Å². The summed E-state index contributed by atoms with van der Waals surface area (Å²) in [6, 6.07) is 26.5. The molecule has 0 amide bonds. The molecule has 3 aromatic carbocycles. The summed E-state index contributed by atoms with van der Waals surface area (Å²) in [5.74, 6) is -0.125. The van der Waals surface area contributed by atoms with E-state index in [0.29, 0.717) is 0 Å². The SMILES string of the molecule is Cc1ccc2c([C@@H](c3ccccc3)[C@@H](O)c3ccccc3)c[nH]c2c1. The van der Waals surface area contributed by atoms with E-state index in [1.165, 1.54) is 5.56 Å². The normalized spacial score (nSPS) is 13.7. The molecule has 0 spiro atoms. The Bertz CT molecular complexity index is 973. The van der Waals surface area contributed by atoms with Crippen molar-refractivity contribution in [3.05, 3.63) is 107 Å². The highest BCUT2D eigenvalue weighted by molar-refractivity contribution is 5.85. The first-order valence-electron chi connectivity index (χ1n) is 8.59. The molecule has 0 saturated carbocycles.